The van der Waals surface area contributed by atoms with Crippen molar-refractivity contribution in [3.8, 4) is 5.75 Å². The number of rotatable bonds is 6. The molecule has 0 bridgehead atoms. The molecular weight excluding hydrogens is 276 g/mol. The summed E-state index contributed by atoms with van der Waals surface area (Å²) < 4.78 is 5.57. The minimum atomic E-state index is -0.343. The molecule has 7 heteroatoms. The number of hydrogen-bond acceptors (Lipinski definition) is 6. The largest absolute Gasteiger partial charge is 0.493 e. The minimum Gasteiger partial charge on any atom is -0.493 e. The van der Waals surface area contributed by atoms with Crippen molar-refractivity contribution in [2.45, 2.75) is 5.03 Å². The third-order valence-electron chi connectivity index (χ3n) is 2.37. The van der Waals surface area contributed by atoms with Gasteiger partial charge >= 0.3 is 0 Å². The number of nitrogens with one attached hydrogen (secondary N) is 1. The van der Waals surface area contributed by atoms with Gasteiger partial charge in [-0.05, 0) is 18.2 Å². The quantitative estimate of drug-likeness (QED) is 0.274. The number of amides is 1. The Morgan fingerprint density at radius 2 is 2.30 bits per heavy atom. The van der Waals surface area contributed by atoms with Crippen LogP contribution in [-0.2, 0) is 0 Å². The number of nitrogens with two attached hydrogens (primary N) is 1. The topological polar surface area (TPSA) is 90.1 Å². The number of hydrogen-bond donors (Lipinski definition) is 2. The molecule has 6 nitrogen and oxygen atoms in total. The summed E-state index contributed by atoms with van der Waals surface area (Å²) in [5, 5.41) is 0.854. The number of hydrazine groups is 1. The fourth-order valence-corrected chi connectivity index (χ4v) is 2.12. The summed E-state index contributed by atoms with van der Waals surface area (Å²) in [6.45, 7) is 0.509. The summed E-state index contributed by atoms with van der Waals surface area (Å²) in [6, 6.07) is 6.86. The van der Waals surface area contributed by atoms with E-state index < -0.39 is 0 Å². The first kappa shape index (κ1) is 14.3. The van der Waals surface area contributed by atoms with Gasteiger partial charge in [-0.1, -0.05) is 6.07 Å². The lowest BCUT2D eigenvalue weighted by molar-refractivity contribution is 0.0953. The Morgan fingerprint density at radius 1 is 1.40 bits per heavy atom. The molecule has 20 heavy (non-hydrogen) atoms. The molecule has 1 aromatic heterocycles. The Balaban J connectivity index is 1.81. The fraction of sp³-hybridized carbons (Fsp3) is 0.154. The molecule has 2 aromatic rings. The van der Waals surface area contributed by atoms with Gasteiger partial charge in [0.1, 0.15) is 10.8 Å². The lowest BCUT2D eigenvalue weighted by Gasteiger charge is -2.07. The zero-order chi connectivity index (χ0) is 14.2. The molecule has 0 atom stereocenters. The molecule has 3 N–H and O–H groups in total. The molecule has 0 aliphatic heterocycles. The highest BCUT2D eigenvalue weighted by Crippen LogP contribution is 2.16. The Kier molecular flexibility index (Phi) is 5.33. The van der Waals surface area contributed by atoms with E-state index in [2.05, 4.69) is 15.4 Å². The van der Waals surface area contributed by atoms with E-state index in [1.54, 1.807) is 54.6 Å². The SMILES string of the molecule is NNC(=O)c1cccc(OCCSc2cnccn2)c1. The van der Waals surface area contributed by atoms with Crippen LogP contribution in [0.3, 0.4) is 0 Å². The second-order valence-corrected chi connectivity index (χ2v) is 4.86. The van der Waals surface area contributed by atoms with Gasteiger partial charge in [-0.2, -0.15) is 0 Å². The van der Waals surface area contributed by atoms with Crippen molar-refractivity contribution in [2.75, 3.05) is 12.4 Å². The first-order valence-electron chi connectivity index (χ1n) is 5.92. The number of nitrogen functional groups attached to an aromatic ring is 1. The molecule has 0 fully saturated rings. The molecule has 1 heterocycles. The standard InChI is InChI=1S/C13H14N4O2S/c14-17-13(18)10-2-1-3-11(8-10)19-6-7-20-12-9-15-4-5-16-12/h1-5,8-9H,6-7,14H2,(H,17,18). The number of thioether (sulfide) groups is 1. The maximum atomic E-state index is 11.4. The second-order valence-electron chi connectivity index (χ2n) is 3.74. The van der Waals surface area contributed by atoms with E-state index in [0.29, 0.717) is 17.9 Å². The van der Waals surface area contributed by atoms with Gasteiger partial charge in [0, 0.05) is 23.7 Å². The minimum absolute atomic E-state index is 0.343. The highest BCUT2D eigenvalue weighted by molar-refractivity contribution is 7.99. The van der Waals surface area contributed by atoms with Crippen molar-refractivity contribution in [3.05, 3.63) is 48.4 Å². The first-order chi connectivity index (χ1) is 9.79. The van der Waals surface area contributed by atoms with Crippen LogP contribution < -0.4 is 16.0 Å². The number of carbonyl (C=O) groups is 1. The summed E-state index contributed by atoms with van der Waals surface area (Å²) >= 11 is 1.56. The van der Waals surface area contributed by atoms with Crippen LogP contribution in [0.25, 0.3) is 0 Å². The van der Waals surface area contributed by atoms with Crippen LogP contribution in [-0.4, -0.2) is 28.2 Å². The van der Waals surface area contributed by atoms with Gasteiger partial charge in [-0.3, -0.25) is 15.2 Å². The average Bonchev–Trinajstić information content (AvgIpc) is 2.52. The molecule has 0 aliphatic carbocycles. The number of nitrogens with zero attached hydrogens (tertiary/aromatic N) is 2. The van der Waals surface area contributed by atoms with Crippen LogP contribution in [0.1, 0.15) is 10.4 Å². The van der Waals surface area contributed by atoms with Gasteiger partial charge in [0.25, 0.3) is 5.91 Å². The number of benzene rings is 1. The van der Waals surface area contributed by atoms with Crippen molar-refractivity contribution in [2.24, 2.45) is 5.84 Å². The zero-order valence-electron chi connectivity index (χ0n) is 10.7. The van der Waals surface area contributed by atoms with Gasteiger partial charge < -0.3 is 4.74 Å². The van der Waals surface area contributed by atoms with Crippen LogP contribution in [0.15, 0.2) is 47.9 Å². The first-order valence-corrected chi connectivity index (χ1v) is 6.91. The number of ether oxygens (including phenoxy) is 1. The molecule has 0 aliphatic rings. The van der Waals surface area contributed by atoms with E-state index in [9.17, 15) is 4.79 Å². The normalized spacial score (nSPS) is 10.1. The van der Waals surface area contributed by atoms with Crippen molar-refractivity contribution in [1.82, 2.24) is 15.4 Å². The van der Waals surface area contributed by atoms with E-state index in [4.69, 9.17) is 10.6 Å². The van der Waals surface area contributed by atoms with Gasteiger partial charge in [0.05, 0.1) is 12.8 Å². The van der Waals surface area contributed by atoms with Crippen molar-refractivity contribution in [1.29, 1.82) is 0 Å². The molecule has 2 rings (SSSR count). The maximum Gasteiger partial charge on any atom is 0.265 e. The molecule has 0 radical (unpaired) electrons. The van der Waals surface area contributed by atoms with E-state index >= 15 is 0 Å². The summed E-state index contributed by atoms with van der Waals surface area (Å²) in [4.78, 5) is 19.5. The third kappa shape index (κ3) is 4.22. The van der Waals surface area contributed by atoms with Crippen LogP contribution in [0, 0.1) is 0 Å². The molecule has 0 saturated heterocycles. The van der Waals surface area contributed by atoms with Crippen molar-refractivity contribution < 1.29 is 9.53 Å². The lowest BCUT2D eigenvalue weighted by atomic mass is 10.2. The Bertz CT molecular complexity index is 565. The van der Waals surface area contributed by atoms with Gasteiger partial charge in [0.2, 0.25) is 0 Å². The highest BCUT2D eigenvalue weighted by Gasteiger charge is 2.04. The number of aromatic nitrogens is 2. The molecule has 0 spiro atoms. The van der Waals surface area contributed by atoms with E-state index in [1.165, 1.54) is 0 Å². The molecule has 1 aromatic carbocycles. The van der Waals surface area contributed by atoms with Gasteiger partial charge in [-0.15, -0.1) is 11.8 Å². The summed E-state index contributed by atoms with van der Waals surface area (Å²) in [7, 11) is 0. The van der Waals surface area contributed by atoms with E-state index in [1.807, 2.05) is 0 Å². The molecule has 0 unspecified atom stereocenters. The zero-order valence-corrected chi connectivity index (χ0v) is 11.5. The smallest absolute Gasteiger partial charge is 0.265 e. The molecule has 104 valence electrons. The Labute approximate surface area is 120 Å². The predicted molar refractivity (Wildman–Crippen MR) is 76.3 cm³/mol. The van der Waals surface area contributed by atoms with Crippen LogP contribution in [0.4, 0.5) is 0 Å². The summed E-state index contributed by atoms with van der Waals surface area (Å²) in [5.41, 5.74) is 2.55. The molecule has 0 saturated carbocycles. The summed E-state index contributed by atoms with van der Waals surface area (Å²) in [6.07, 6.45) is 4.99. The molecular formula is C13H14N4O2S. The fourth-order valence-electron chi connectivity index (χ4n) is 1.48. The Hall–Kier alpha value is -2.12. The monoisotopic (exact) mass is 290 g/mol. The van der Waals surface area contributed by atoms with Crippen molar-refractivity contribution in [3.63, 3.8) is 0 Å². The highest BCUT2D eigenvalue weighted by atomic mass is 32.2. The van der Waals surface area contributed by atoms with Crippen molar-refractivity contribution >= 4 is 17.7 Å². The average molecular weight is 290 g/mol. The van der Waals surface area contributed by atoms with Crippen LogP contribution in [0.5, 0.6) is 5.75 Å². The number of carbonyl (C=O) groups excluding carboxylic acids is 1. The molecule has 1 amide bonds. The third-order valence-corrected chi connectivity index (χ3v) is 3.25. The van der Waals surface area contributed by atoms with Crippen LogP contribution in [0.2, 0.25) is 0 Å². The van der Waals surface area contributed by atoms with Gasteiger partial charge in [-0.25, -0.2) is 10.8 Å². The lowest BCUT2D eigenvalue weighted by Crippen LogP contribution is -2.29. The van der Waals surface area contributed by atoms with E-state index in [0.717, 1.165) is 10.8 Å². The maximum absolute atomic E-state index is 11.4. The second kappa shape index (κ2) is 7.46. The Morgan fingerprint density at radius 3 is 3.05 bits per heavy atom. The summed E-state index contributed by atoms with van der Waals surface area (Å²) in [5.74, 6) is 6.11. The predicted octanol–water partition coefficient (Wildman–Crippen LogP) is 1.25. The van der Waals surface area contributed by atoms with Crippen LogP contribution >= 0.6 is 11.8 Å². The van der Waals surface area contributed by atoms with E-state index in [-0.39, 0.29) is 5.91 Å². The van der Waals surface area contributed by atoms with Gasteiger partial charge in [0.15, 0.2) is 0 Å².